The number of aliphatic carboxylic acids is 1. The van der Waals surface area contributed by atoms with E-state index in [9.17, 15) is 19.5 Å². The maximum Gasteiger partial charge on any atom is 0.407 e. The molecule has 0 spiro atoms. The predicted molar refractivity (Wildman–Crippen MR) is 131 cm³/mol. The number of rotatable bonds is 5. The number of nitrogens with zero attached hydrogens (tertiary/aromatic N) is 1. The summed E-state index contributed by atoms with van der Waals surface area (Å²) in [7, 11) is 0. The molecule has 35 heavy (non-hydrogen) atoms. The van der Waals surface area contributed by atoms with Crippen molar-refractivity contribution in [1.82, 2.24) is 10.2 Å². The summed E-state index contributed by atoms with van der Waals surface area (Å²) in [6.07, 6.45) is 2.68. The first-order valence-electron chi connectivity index (χ1n) is 12.6. The lowest BCUT2D eigenvalue weighted by molar-refractivity contribution is -0.155. The average molecular weight is 477 g/mol. The Morgan fingerprint density at radius 2 is 1.63 bits per heavy atom. The molecule has 2 fully saturated rings. The molecule has 2 aliphatic carbocycles. The first kappa shape index (κ1) is 23.4. The molecule has 0 aromatic heterocycles. The van der Waals surface area contributed by atoms with E-state index in [4.69, 9.17) is 4.74 Å². The van der Waals surface area contributed by atoms with Crippen molar-refractivity contribution in [3.8, 4) is 11.1 Å². The predicted octanol–water partition coefficient (Wildman–Crippen LogP) is 4.41. The van der Waals surface area contributed by atoms with Crippen LogP contribution in [0.15, 0.2) is 48.5 Å². The van der Waals surface area contributed by atoms with Crippen LogP contribution < -0.4 is 5.32 Å². The van der Waals surface area contributed by atoms with Crippen molar-refractivity contribution in [3.05, 3.63) is 59.7 Å². The molecular weight excluding hydrogens is 444 g/mol. The summed E-state index contributed by atoms with van der Waals surface area (Å²) >= 11 is 0. The van der Waals surface area contributed by atoms with Gasteiger partial charge in [0.05, 0.1) is 0 Å². The molecule has 0 radical (unpaired) electrons. The topological polar surface area (TPSA) is 95.9 Å². The number of hydrogen-bond donors (Lipinski definition) is 2. The summed E-state index contributed by atoms with van der Waals surface area (Å²) in [6, 6.07) is 15.5. The molecule has 0 bridgehead atoms. The molecule has 3 aliphatic rings. The number of nitrogens with one attached hydrogen (secondary N) is 1. The third-order valence-electron chi connectivity index (χ3n) is 7.83. The summed E-state index contributed by atoms with van der Waals surface area (Å²) in [6.45, 7) is 2.78. The van der Waals surface area contributed by atoms with E-state index in [1.165, 1.54) is 11.1 Å². The van der Waals surface area contributed by atoms with Crippen LogP contribution in [0, 0.1) is 11.8 Å². The SMILES string of the molecule is CC1CCC(C(=O)O)N(C(=O)[C@H]2CC[C@@H](NC(=O)OCC3c4ccccc4-c4ccccc43)C2)C1. The molecular formula is C28H32N2O5. The lowest BCUT2D eigenvalue weighted by atomic mass is 9.92. The average Bonchev–Trinajstić information content (AvgIpc) is 3.44. The summed E-state index contributed by atoms with van der Waals surface area (Å²) in [5, 5.41) is 12.5. The second kappa shape index (κ2) is 9.72. The second-order valence-corrected chi connectivity index (χ2v) is 10.2. The van der Waals surface area contributed by atoms with Crippen LogP contribution in [0.5, 0.6) is 0 Å². The lowest BCUT2D eigenvalue weighted by Crippen LogP contribution is -2.52. The minimum Gasteiger partial charge on any atom is -0.480 e. The van der Waals surface area contributed by atoms with Crippen molar-refractivity contribution < 1.29 is 24.2 Å². The number of carboxylic acid groups (broad SMARTS) is 1. The first-order valence-corrected chi connectivity index (χ1v) is 12.6. The summed E-state index contributed by atoms with van der Waals surface area (Å²) in [5.41, 5.74) is 4.69. The van der Waals surface area contributed by atoms with Gasteiger partial charge in [-0.2, -0.15) is 0 Å². The van der Waals surface area contributed by atoms with Gasteiger partial charge in [-0.15, -0.1) is 0 Å². The zero-order chi connectivity index (χ0) is 24.5. The van der Waals surface area contributed by atoms with Crippen LogP contribution in [0.4, 0.5) is 4.79 Å². The number of amides is 2. The van der Waals surface area contributed by atoms with Gasteiger partial charge in [-0.25, -0.2) is 9.59 Å². The van der Waals surface area contributed by atoms with Crippen LogP contribution in [0.2, 0.25) is 0 Å². The molecule has 7 nitrogen and oxygen atoms in total. The Morgan fingerprint density at radius 3 is 2.29 bits per heavy atom. The Hall–Kier alpha value is -3.35. The minimum absolute atomic E-state index is 0.0000903. The van der Waals surface area contributed by atoms with E-state index >= 15 is 0 Å². The van der Waals surface area contributed by atoms with Crippen LogP contribution in [0.25, 0.3) is 11.1 Å². The fourth-order valence-corrected chi connectivity index (χ4v) is 6.03. The van der Waals surface area contributed by atoms with Crippen LogP contribution in [-0.4, -0.2) is 53.2 Å². The molecule has 2 aromatic carbocycles. The summed E-state index contributed by atoms with van der Waals surface area (Å²) < 4.78 is 5.65. The van der Waals surface area contributed by atoms with Crippen LogP contribution in [0.3, 0.4) is 0 Å². The molecule has 1 saturated heterocycles. The normalized spacial score (nSPS) is 25.6. The Bertz CT molecular complexity index is 1090. The molecule has 2 amide bonds. The molecule has 7 heteroatoms. The van der Waals surface area contributed by atoms with Crippen molar-refractivity contribution in [3.63, 3.8) is 0 Å². The van der Waals surface area contributed by atoms with Gasteiger partial charge in [0.25, 0.3) is 0 Å². The van der Waals surface area contributed by atoms with Crippen molar-refractivity contribution in [2.75, 3.05) is 13.2 Å². The highest BCUT2D eigenvalue weighted by atomic mass is 16.5. The van der Waals surface area contributed by atoms with Gasteiger partial charge >= 0.3 is 12.1 Å². The monoisotopic (exact) mass is 476 g/mol. The number of ether oxygens (including phenoxy) is 1. The quantitative estimate of drug-likeness (QED) is 0.667. The van der Waals surface area contributed by atoms with E-state index in [-0.39, 0.29) is 30.4 Å². The number of alkyl carbamates (subject to hydrolysis) is 1. The Morgan fingerprint density at radius 1 is 0.971 bits per heavy atom. The number of benzene rings is 2. The number of carbonyl (C=O) groups is 3. The van der Waals surface area contributed by atoms with Gasteiger partial charge in [0, 0.05) is 24.4 Å². The number of hydrogen-bond acceptors (Lipinski definition) is 4. The third-order valence-corrected chi connectivity index (χ3v) is 7.83. The van der Waals surface area contributed by atoms with Gasteiger partial charge in [0.2, 0.25) is 5.91 Å². The largest absolute Gasteiger partial charge is 0.480 e. The van der Waals surface area contributed by atoms with E-state index in [0.29, 0.717) is 38.1 Å². The zero-order valence-corrected chi connectivity index (χ0v) is 20.0. The number of fused-ring (bicyclic) bond motifs is 3. The van der Waals surface area contributed by atoms with Gasteiger partial charge in [0.1, 0.15) is 12.6 Å². The molecule has 5 rings (SSSR count). The van der Waals surface area contributed by atoms with Crippen molar-refractivity contribution in [2.45, 2.75) is 57.0 Å². The van der Waals surface area contributed by atoms with Gasteiger partial charge in [-0.3, -0.25) is 4.79 Å². The molecule has 1 saturated carbocycles. The number of likely N-dealkylation sites (tertiary alicyclic amines) is 1. The molecule has 1 aliphatic heterocycles. The van der Waals surface area contributed by atoms with Gasteiger partial charge in [-0.1, -0.05) is 55.5 Å². The maximum atomic E-state index is 13.1. The van der Waals surface area contributed by atoms with Gasteiger partial charge < -0.3 is 20.1 Å². The Balaban J connectivity index is 1.16. The highest BCUT2D eigenvalue weighted by molar-refractivity contribution is 5.85. The molecule has 4 atom stereocenters. The molecule has 1 heterocycles. The van der Waals surface area contributed by atoms with E-state index in [0.717, 1.165) is 17.5 Å². The van der Waals surface area contributed by atoms with Crippen molar-refractivity contribution >= 4 is 18.0 Å². The second-order valence-electron chi connectivity index (χ2n) is 10.2. The molecule has 2 N–H and O–H groups in total. The van der Waals surface area contributed by atoms with Crippen LogP contribution in [0.1, 0.15) is 56.1 Å². The minimum atomic E-state index is -0.934. The van der Waals surface area contributed by atoms with Crippen LogP contribution >= 0.6 is 0 Å². The molecule has 2 unspecified atom stereocenters. The maximum absolute atomic E-state index is 13.1. The van der Waals surface area contributed by atoms with Gasteiger partial charge in [0.15, 0.2) is 0 Å². The Kier molecular flexibility index (Phi) is 6.50. The third kappa shape index (κ3) is 4.64. The van der Waals surface area contributed by atoms with E-state index in [1.807, 2.05) is 24.3 Å². The smallest absolute Gasteiger partial charge is 0.407 e. The molecule has 2 aromatic rings. The molecule has 184 valence electrons. The van der Waals surface area contributed by atoms with E-state index < -0.39 is 18.1 Å². The summed E-state index contributed by atoms with van der Waals surface area (Å²) in [5.74, 6) is -0.996. The number of piperidine rings is 1. The van der Waals surface area contributed by atoms with E-state index in [1.54, 1.807) is 4.90 Å². The Labute approximate surface area is 205 Å². The first-order chi connectivity index (χ1) is 16.9. The van der Waals surface area contributed by atoms with Crippen LogP contribution in [-0.2, 0) is 14.3 Å². The number of carbonyl (C=O) groups excluding carboxylic acids is 2. The van der Waals surface area contributed by atoms with Gasteiger partial charge in [-0.05, 0) is 60.3 Å². The fraction of sp³-hybridized carbons (Fsp3) is 0.464. The number of carboxylic acids is 1. The summed E-state index contributed by atoms with van der Waals surface area (Å²) in [4.78, 5) is 39.0. The zero-order valence-electron chi connectivity index (χ0n) is 20.0. The highest BCUT2D eigenvalue weighted by Gasteiger charge is 2.40. The fourth-order valence-electron chi connectivity index (χ4n) is 6.03. The van der Waals surface area contributed by atoms with Crippen molar-refractivity contribution in [2.24, 2.45) is 11.8 Å². The standard InChI is InChI=1S/C28H32N2O5/c1-17-10-13-25(27(32)33)30(15-17)26(31)18-11-12-19(14-18)29-28(34)35-16-24-22-8-4-2-6-20(22)21-7-3-5-9-23(21)24/h2-9,17-19,24-25H,10-16H2,1H3,(H,29,34)(H,32,33)/t17?,18-,19+,25?/m0/s1. The highest BCUT2D eigenvalue weighted by Crippen LogP contribution is 2.44. The van der Waals surface area contributed by atoms with Crippen molar-refractivity contribution in [1.29, 1.82) is 0 Å². The van der Waals surface area contributed by atoms with E-state index in [2.05, 4.69) is 36.5 Å². The lowest BCUT2D eigenvalue weighted by Gasteiger charge is -2.37.